The molecular weight excluding hydrogens is 332 g/mol. The van der Waals surface area contributed by atoms with Gasteiger partial charge >= 0.3 is 0 Å². The number of benzene rings is 1. The van der Waals surface area contributed by atoms with Gasteiger partial charge in [-0.25, -0.2) is 0 Å². The summed E-state index contributed by atoms with van der Waals surface area (Å²) in [5.41, 5.74) is 2.19. The fourth-order valence-corrected chi connectivity index (χ4v) is 4.04. The summed E-state index contributed by atoms with van der Waals surface area (Å²) in [6.07, 6.45) is 1.20. The van der Waals surface area contributed by atoms with Crippen molar-refractivity contribution in [1.82, 2.24) is 10.2 Å². The van der Waals surface area contributed by atoms with E-state index in [1.165, 1.54) is 10.4 Å². The second-order valence-electron chi connectivity index (χ2n) is 6.83. The molecule has 0 radical (unpaired) electrons. The molecule has 4 nitrogen and oxygen atoms in total. The fourth-order valence-electron chi connectivity index (χ4n) is 3.15. The fraction of sp³-hybridized carbons (Fsp3) is 0.400. The Morgan fingerprint density at radius 1 is 1.20 bits per heavy atom. The van der Waals surface area contributed by atoms with E-state index in [0.29, 0.717) is 13.0 Å². The smallest absolute Gasteiger partial charge is 0.245 e. The maximum absolute atomic E-state index is 13.0. The highest BCUT2D eigenvalue weighted by molar-refractivity contribution is 7.10. The summed E-state index contributed by atoms with van der Waals surface area (Å²) in [6, 6.07) is 11.2. The molecule has 1 aromatic carbocycles. The molecule has 1 aliphatic heterocycles. The zero-order valence-electron chi connectivity index (χ0n) is 14.7. The molecule has 0 unspecified atom stereocenters. The third-order valence-corrected chi connectivity index (χ3v) is 5.60. The largest absolute Gasteiger partial charge is 0.344 e. The molecule has 25 heavy (non-hydrogen) atoms. The summed E-state index contributed by atoms with van der Waals surface area (Å²) in [7, 11) is 0. The maximum atomic E-state index is 13.0. The van der Waals surface area contributed by atoms with Crippen molar-refractivity contribution in [3.8, 4) is 0 Å². The van der Waals surface area contributed by atoms with Gasteiger partial charge in [0, 0.05) is 18.0 Å². The molecule has 0 bridgehead atoms. The number of hydrogen-bond acceptors (Lipinski definition) is 3. The van der Waals surface area contributed by atoms with Crippen molar-refractivity contribution >= 4 is 23.2 Å². The summed E-state index contributed by atoms with van der Waals surface area (Å²) in [6.45, 7) is 5.33. The van der Waals surface area contributed by atoms with Crippen molar-refractivity contribution in [1.29, 1.82) is 0 Å². The Morgan fingerprint density at radius 2 is 1.96 bits per heavy atom. The van der Waals surface area contributed by atoms with Crippen LogP contribution in [-0.2, 0) is 29.0 Å². The molecule has 0 spiro atoms. The zero-order chi connectivity index (χ0) is 17.8. The Kier molecular flexibility index (Phi) is 5.53. The third kappa shape index (κ3) is 4.28. The van der Waals surface area contributed by atoms with Crippen LogP contribution in [0.1, 0.15) is 29.9 Å². The Hall–Kier alpha value is -2.14. The third-order valence-electron chi connectivity index (χ3n) is 4.58. The van der Waals surface area contributed by atoms with Gasteiger partial charge in [-0.3, -0.25) is 9.59 Å². The molecule has 1 atom stereocenters. The highest BCUT2D eigenvalue weighted by Crippen LogP contribution is 2.25. The van der Waals surface area contributed by atoms with Crippen molar-refractivity contribution in [2.24, 2.45) is 5.92 Å². The van der Waals surface area contributed by atoms with Gasteiger partial charge in [0.05, 0.1) is 6.42 Å². The number of nitrogens with zero attached hydrogens (tertiary/aromatic N) is 1. The van der Waals surface area contributed by atoms with Crippen LogP contribution in [0.25, 0.3) is 0 Å². The molecular formula is C20H24N2O2S. The first-order chi connectivity index (χ1) is 12.0. The minimum atomic E-state index is -0.476. The first kappa shape index (κ1) is 17.7. The van der Waals surface area contributed by atoms with Gasteiger partial charge in [-0.05, 0) is 34.9 Å². The average Bonchev–Trinajstić information content (AvgIpc) is 3.07. The van der Waals surface area contributed by atoms with Gasteiger partial charge in [0.1, 0.15) is 6.04 Å². The first-order valence-electron chi connectivity index (χ1n) is 8.72. The topological polar surface area (TPSA) is 49.4 Å². The number of carbonyl (C=O) groups excluding carboxylic acids is 2. The molecule has 2 heterocycles. The van der Waals surface area contributed by atoms with Gasteiger partial charge < -0.3 is 10.2 Å². The second-order valence-corrected chi connectivity index (χ2v) is 7.83. The van der Waals surface area contributed by atoms with Gasteiger partial charge in [0.15, 0.2) is 0 Å². The molecule has 2 aromatic rings. The number of rotatable bonds is 5. The molecule has 1 aromatic heterocycles. The molecule has 0 fully saturated rings. The van der Waals surface area contributed by atoms with E-state index in [4.69, 9.17) is 0 Å². The van der Waals surface area contributed by atoms with E-state index in [2.05, 4.69) is 16.8 Å². The standard InChI is InChI=1S/C20H24N2O2S/c1-14(2)19(21-18(23)12-15-6-4-3-5-7-15)20(24)22-10-8-17-16(13-22)9-11-25-17/h3-7,9,11,14,19H,8,10,12-13H2,1-2H3,(H,21,23)/t19-/m1/s1. The van der Waals surface area contributed by atoms with E-state index in [-0.39, 0.29) is 17.7 Å². The summed E-state index contributed by atoms with van der Waals surface area (Å²) < 4.78 is 0. The summed E-state index contributed by atoms with van der Waals surface area (Å²) in [5.74, 6) is -0.0316. The van der Waals surface area contributed by atoms with Crippen LogP contribution in [0.4, 0.5) is 0 Å². The van der Waals surface area contributed by atoms with Gasteiger partial charge in [-0.1, -0.05) is 44.2 Å². The van der Waals surface area contributed by atoms with E-state index in [0.717, 1.165) is 18.5 Å². The maximum Gasteiger partial charge on any atom is 0.245 e. The quantitative estimate of drug-likeness (QED) is 0.895. The monoisotopic (exact) mass is 356 g/mol. The normalized spacial score (nSPS) is 14.9. The number of carbonyl (C=O) groups is 2. The molecule has 0 saturated heterocycles. The minimum Gasteiger partial charge on any atom is -0.344 e. The van der Waals surface area contributed by atoms with E-state index in [1.54, 1.807) is 11.3 Å². The molecule has 0 aliphatic carbocycles. The summed E-state index contributed by atoms with van der Waals surface area (Å²) in [4.78, 5) is 28.6. The molecule has 0 saturated carbocycles. The van der Waals surface area contributed by atoms with E-state index in [9.17, 15) is 9.59 Å². The molecule has 3 rings (SSSR count). The van der Waals surface area contributed by atoms with E-state index in [1.807, 2.05) is 49.1 Å². The zero-order valence-corrected chi connectivity index (χ0v) is 15.5. The van der Waals surface area contributed by atoms with Crippen LogP contribution in [0, 0.1) is 5.92 Å². The number of hydrogen-bond donors (Lipinski definition) is 1. The van der Waals surface area contributed by atoms with Crippen molar-refractivity contribution in [2.75, 3.05) is 6.54 Å². The van der Waals surface area contributed by atoms with Crippen LogP contribution >= 0.6 is 11.3 Å². The highest BCUT2D eigenvalue weighted by Gasteiger charge is 2.30. The van der Waals surface area contributed by atoms with Crippen molar-refractivity contribution < 1.29 is 9.59 Å². The summed E-state index contributed by atoms with van der Waals surface area (Å²) in [5, 5.41) is 5.04. The SMILES string of the molecule is CC(C)[C@@H](NC(=O)Cc1ccccc1)C(=O)N1CCc2sccc2C1. The van der Waals surface area contributed by atoms with Gasteiger partial charge in [-0.2, -0.15) is 0 Å². The molecule has 132 valence electrons. The van der Waals surface area contributed by atoms with Crippen molar-refractivity contribution in [3.63, 3.8) is 0 Å². The Bertz CT molecular complexity index is 739. The number of fused-ring (bicyclic) bond motifs is 1. The van der Waals surface area contributed by atoms with E-state index >= 15 is 0 Å². The highest BCUT2D eigenvalue weighted by atomic mass is 32.1. The number of amides is 2. The Morgan fingerprint density at radius 3 is 2.68 bits per heavy atom. The summed E-state index contributed by atoms with van der Waals surface area (Å²) >= 11 is 1.76. The van der Waals surface area contributed by atoms with Gasteiger partial charge in [-0.15, -0.1) is 11.3 Å². The van der Waals surface area contributed by atoms with Crippen molar-refractivity contribution in [2.45, 2.75) is 39.3 Å². The van der Waals surface area contributed by atoms with Gasteiger partial charge in [0.2, 0.25) is 11.8 Å². The minimum absolute atomic E-state index is 0.0215. The second kappa shape index (κ2) is 7.83. The Labute approximate surface area is 152 Å². The Balaban J connectivity index is 1.64. The molecule has 1 aliphatic rings. The lowest BCUT2D eigenvalue weighted by molar-refractivity contribution is -0.138. The number of nitrogens with one attached hydrogen (secondary N) is 1. The van der Waals surface area contributed by atoms with Crippen LogP contribution < -0.4 is 5.32 Å². The predicted octanol–water partition coefficient (Wildman–Crippen LogP) is 3.02. The average molecular weight is 356 g/mol. The lowest BCUT2D eigenvalue weighted by atomic mass is 10.0. The van der Waals surface area contributed by atoms with Gasteiger partial charge in [0.25, 0.3) is 0 Å². The number of thiophene rings is 1. The van der Waals surface area contributed by atoms with Crippen LogP contribution in [0.3, 0.4) is 0 Å². The predicted molar refractivity (Wildman–Crippen MR) is 100 cm³/mol. The van der Waals surface area contributed by atoms with Crippen LogP contribution in [0.15, 0.2) is 41.8 Å². The van der Waals surface area contributed by atoms with Crippen LogP contribution in [-0.4, -0.2) is 29.3 Å². The molecule has 1 N–H and O–H groups in total. The first-order valence-corrected chi connectivity index (χ1v) is 9.60. The lowest BCUT2D eigenvalue weighted by Gasteiger charge is -2.32. The van der Waals surface area contributed by atoms with E-state index < -0.39 is 6.04 Å². The van der Waals surface area contributed by atoms with Crippen LogP contribution in [0.5, 0.6) is 0 Å². The lowest BCUT2D eigenvalue weighted by Crippen LogP contribution is -2.52. The van der Waals surface area contributed by atoms with Crippen LogP contribution in [0.2, 0.25) is 0 Å². The van der Waals surface area contributed by atoms with Crippen molar-refractivity contribution in [3.05, 3.63) is 57.8 Å². The molecule has 5 heteroatoms. The molecule has 2 amide bonds.